The van der Waals surface area contributed by atoms with Crippen molar-refractivity contribution in [1.29, 1.82) is 0 Å². The van der Waals surface area contributed by atoms with E-state index in [2.05, 4.69) is 10.6 Å². The highest BCUT2D eigenvalue weighted by atomic mass is 19.1. The summed E-state index contributed by atoms with van der Waals surface area (Å²) in [5, 5.41) is 5.03. The van der Waals surface area contributed by atoms with Gasteiger partial charge in [0.05, 0.1) is 12.3 Å². The molecule has 0 saturated heterocycles. The van der Waals surface area contributed by atoms with Crippen molar-refractivity contribution in [3.8, 4) is 0 Å². The fourth-order valence-corrected chi connectivity index (χ4v) is 2.01. The zero-order valence-electron chi connectivity index (χ0n) is 12.9. The number of halogens is 1. The van der Waals surface area contributed by atoms with Gasteiger partial charge in [-0.3, -0.25) is 9.59 Å². The smallest absolute Gasteiger partial charge is 0.255 e. The topological polar surface area (TPSA) is 67.4 Å². The van der Waals surface area contributed by atoms with Crippen molar-refractivity contribution in [2.45, 2.75) is 13.5 Å². The first-order chi connectivity index (χ1) is 11.0. The Morgan fingerprint density at radius 3 is 2.39 bits per heavy atom. The fourth-order valence-electron chi connectivity index (χ4n) is 2.01. The highest BCUT2D eigenvalue weighted by molar-refractivity contribution is 6.04. The first-order valence-corrected chi connectivity index (χ1v) is 6.96. The van der Waals surface area contributed by atoms with Crippen molar-refractivity contribution >= 4 is 23.2 Å². The molecule has 0 atom stereocenters. The number of ether oxygens (including phenoxy) is 1. The molecule has 120 valence electrons. The van der Waals surface area contributed by atoms with Crippen molar-refractivity contribution in [2.24, 2.45) is 0 Å². The Kier molecular flexibility index (Phi) is 5.43. The largest absolute Gasteiger partial charge is 0.380 e. The molecule has 2 amide bonds. The Labute approximate surface area is 133 Å². The van der Waals surface area contributed by atoms with Crippen LogP contribution in [-0.4, -0.2) is 18.9 Å². The fraction of sp³-hybridized carbons (Fsp3) is 0.176. The van der Waals surface area contributed by atoms with Crippen LogP contribution in [0.3, 0.4) is 0 Å². The number of anilines is 2. The lowest BCUT2D eigenvalue weighted by Crippen LogP contribution is -2.13. The molecular weight excluding hydrogens is 299 g/mol. The van der Waals surface area contributed by atoms with Crippen LogP contribution in [0.4, 0.5) is 15.8 Å². The monoisotopic (exact) mass is 316 g/mol. The summed E-state index contributed by atoms with van der Waals surface area (Å²) in [4.78, 5) is 23.2. The lowest BCUT2D eigenvalue weighted by atomic mass is 10.1. The second kappa shape index (κ2) is 7.51. The predicted octanol–water partition coefficient (Wildman–Crippen LogP) is 3.18. The third kappa shape index (κ3) is 4.62. The maximum Gasteiger partial charge on any atom is 0.255 e. The van der Waals surface area contributed by atoms with Gasteiger partial charge in [-0.2, -0.15) is 0 Å². The van der Waals surface area contributed by atoms with Gasteiger partial charge in [-0.15, -0.1) is 0 Å². The van der Waals surface area contributed by atoms with Crippen LogP contribution in [0.5, 0.6) is 0 Å². The number of carbonyl (C=O) groups excluding carboxylic acids is 2. The molecule has 2 N–H and O–H groups in total. The van der Waals surface area contributed by atoms with Gasteiger partial charge >= 0.3 is 0 Å². The lowest BCUT2D eigenvalue weighted by Gasteiger charge is -2.09. The molecule has 0 heterocycles. The third-order valence-corrected chi connectivity index (χ3v) is 3.06. The van der Waals surface area contributed by atoms with E-state index in [1.165, 1.54) is 25.1 Å². The highest BCUT2D eigenvalue weighted by Gasteiger charge is 2.09. The van der Waals surface area contributed by atoms with Crippen molar-refractivity contribution in [2.75, 3.05) is 17.7 Å². The quantitative estimate of drug-likeness (QED) is 0.890. The van der Waals surface area contributed by atoms with E-state index in [1.54, 1.807) is 31.4 Å². The zero-order chi connectivity index (χ0) is 16.8. The van der Waals surface area contributed by atoms with Gasteiger partial charge in [0.1, 0.15) is 5.82 Å². The second-order valence-corrected chi connectivity index (χ2v) is 4.96. The Morgan fingerprint density at radius 1 is 1.09 bits per heavy atom. The highest BCUT2D eigenvalue weighted by Crippen LogP contribution is 2.20. The number of methoxy groups -OCH3 is 1. The van der Waals surface area contributed by atoms with Crippen molar-refractivity contribution in [3.63, 3.8) is 0 Å². The molecule has 0 radical (unpaired) electrons. The minimum Gasteiger partial charge on any atom is -0.380 e. The van der Waals surface area contributed by atoms with Crippen LogP contribution in [0.2, 0.25) is 0 Å². The normalized spacial score (nSPS) is 10.2. The van der Waals surface area contributed by atoms with Gasteiger partial charge in [0, 0.05) is 25.3 Å². The summed E-state index contributed by atoms with van der Waals surface area (Å²) in [6.07, 6.45) is 0. The summed E-state index contributed by atoms with van der Waals surface area (Å²) >= 11 is 0. The van der Waals surface area contributed by atoms with Gasteiger partial charge < -0.3 is 15.4 Å². The average Bonchev–Trinajstić information content (AvgIpc) is 2.51. The minimum atomic E-state index is -0.567. The van der Waals surface area contributed by atoms with Crippen LogP contribution < -0.4 is 10.6 Å². The number of hydrogen-bond acceptors (Lipinski definition) is 3. The van der Waals surface area contributed by atoms with Crippen molar-refractivity contribution in [1.82, 2.24) is 0 Å². The summed E-state index contributed by atoms with van der Waals surface area (Å²) in [7, 11) is 1.60. The predicted molar refractivity (Wildman–Crippen MR) is 85.8 cm³/mol. The van der Waals surface area contributed by atoms with E-state index in [1.807, 2.05) is 0 Å². The van der Waals surface area contributed by atoms with Gasteiger partial charge in [0.15, 0.2) is 0 Å². The van der Waals surface area contributed by atoms with Crippen LogP contribution in [0.15, 0.2) is 42.5 Å². The first-order valence-electron chi connectivity index (χ1n) is 6.96. The van der Waals surface area contributed by atoms with E-state index in [0.29, 0.717) is 17.9 Å². The molecule has 0 fully saturated rings. The standard InChI is InChI=1S/C17H17FN2O3/c1-11(21)19-16-9-14(7-8-15(16)18)20-17(22)13-5-3-12(4-6-13)10-23-2/h3-9H,10H2,1-2H3,(H,19,21)(H,20,22). The van der Waals surface area contributed by atoms with E-state index >= 15 is 0 Å². The van der Waals surface area contributed by atoms with Gasteiger partial charge in [-0.25, -0.2) is 4.39 Å². The third-order valence-electron chi connectivity index (χ3n) is 3.06. The van der Waals surface area contributed by atoms with E-state index in [9.17, 15) is 14.0 Å². The Morgan fingerprint density at radius 2 is 1.78 bits per heavy atom. The minimum absolute atomic E-state index is 0.0192. The maximum absolute atomic E-state index is 13.6. The van der Waals surface area contributed by atoms with Crippen LogP contribution >= 0.6 is 0 Å². The van der Waals surface area contributed by atoms with E-state index in [4.69, 9.17) is 4.74 Å². The number of benzene rings is 2. The van der Waals surface area contributed by atoms with Gasteiger partial charge in [-0.05, 0) is 35.9 Å². The molecule has 0 aliphatic heterocycles. The maximum atomic E-state index is 13.6. The summed E-state index contributed by atoms with van der Waals surface area (Å²) < 4.78 is 18.6. The second-order valence-electron chi connectivity index (χ2n) is 4.96. The molecule has 2 aromatic rings. The molecule has 6 heteroatoms. The number of rotatable bonds is 5. The van der Waals surface area contributed by atoms with E-state index in [-0.39, 0.29) is 17.5 Å². The molecule has 0 aromatic heterocycles. The summed E-state index contributed by atoms with van der Waals surface area (Å²) in [6, 6.07) is 10.9. The first kappa shape index (κ1) is 16.6. The molecule has 2 aromatic carbocycles. The van der Waals surface area contributed by atoms with Crippen molar-refractivity contribution in [3.05, 3.63) is 59.4 Å². The number of nitrogens with one attached hydrogen (secondary N) is 2. The van der Waals surface area contributed by atoms with E-state index < -0.39 is 5.82 Å². The molecule has 0 saturated carbocycles. The Balaban J connectivity index is 2.11. The summed E-state index contributed by atoms with van der Waals surface area (Å²) in [6.45, 7) is 1.76. The molecule has 23 heavy (non-hydrogen) atoms. The van der Waals surface area contributed by atoms with E-state index in [0.717, 1.165) is 5.56 Å². The molecule has 0 bridgehead atoms. The molecule has 0 spiro atoms. The number of hydrogen-bond donors (Lipinski definition) is 2. The Hall–Kier alpha value is -2.73. The van der Waals surface area contributed by atoms with Crippen LogP contribution in [0.1, 0.15) is 22.8 Å². The number of amides is 2. The molecule has 0 aliphatic carbocycles. The molecule has 2 rings (SSSR count). The van der Waals surface area contributed by atoms with Crippen LogP contribution in [-0.2, 0) is 16.1 Å². The average molecular weight is 316 g/mol. The zero-order valence-corrected chi connectivity index (χ0v) is 12.9. The SMILES string of the molecule is COCc1ccc(C(=O)Nc2ccc(F)c(NC(C)=O)c2)cc1. The Bertz CT molecular complexity index is 714. The molecular formula is C17H17FN2O3. The van der Waals surface area contributed by atoms with Crippen LogP contribution in [0, 0.1) is 5.82 Å². The molecule has 5 nitrogen and oxygen atoms in total. The lowest BCUT2D eigenvalue weighted by molar-refractivity contribution is -0.114. The van der Waals surface area contributed by atoms with Gasteiger partial charge in [-0.1, -0.05) is 12.1 Å². The summed E-state index contributed by atoms with van der Waals surface area (Å²) in [5.74, 6) is -1.28. The number of carbonyl (C=O) groups is 2. The van der Waals surface area contributed by atoms with Crippen LogP contribution in [0.25, 0.3) is 0 Å². The summed E-state index contributed by atoms with van der Waals surface area (Å²) in [5.41, 5.74) is 1.83. The molecule has 0 aliphatic rings. The molecule has 0 unspecified atom stereocenters. The van der Waals surface area contributed by atoms with Gasteiger partial charge in [0.25, 0.3) is 5.91 Å². The van der Waals surface area contributed by atoms with Crippen molar-refractivity contribution < 1.29 is 18.7 Å². The van der Waals surface area contributed by atoms with Gasteiger partial charge in [0.2, 0.25) is 5.91 Å².